The number of amides is 1. The molecule has 1 fully saturated rings. The molecule has 0 bridgehead atoms. The predicted molar refractivity (Wildman–Crippen MR) is 84.1 cm³/mol. The summed E-state index contributed by atoms with van der Waals surface area (Å²) in [4.78, 5) is 14.0. The van der Waals surface area contributed by atoms with E-state index in [0.717, 1.165) is 5.56 Å². The highest BCUT2D eigenvalue weighted by molar-refractivity contribution is 5.81. The fourth-order valence-electron chi connectivity index (χ4n) is 2.55. The molecule has 1 unspecified atom stereocenters. The lowest BCUT2D eigenvalue weighted by Crippen LogP contribution is -2.42. The molecule has 1 heterocycles. The maximum absolute atomic E-state index is 12.1. The second kappa shape index (κ2) is 6.16. The zero-order valence-electron chi connectivity index (χ0n) is 13.6. The van der Waals surface area contributed by atoms with Gasteiger partial charge >= 0.3 is 0 Å². The number of carbonyl (C=O) groups is 1. The van der Waals surface area contributed by atoms with Gasteiger partial charge in [-0.25, -0.2) is 0 Å². The van der Waals surface area contributed by atoms with Gasteiger partial charge in [0.05, 0.1) is 18.7 Å². The molecule has 0 aromatic heterocycles. The van der Waals surface area contributed by atoms with E-state index >= 15 is 0 Å². The summed E-state index contributed by atoms with van der Waals surface area (Å²) in [5, 5.41) is 3.29. The van der Waals surface area contributed by atoms with Crippen molar-refractivity contribution < 1.29 is 9.53 Å². The molecule has 1 N–H and O–H groups in total. The molecule has 21 heavy (non-hydrogen) atoms. The summed E-state index contributed by atoms with van der Waals surface area (Å²) in [6.45, 7) is 9.32. The van der Waals surface area contributed by atoms with Crippen LogP contribution in [-0.4, -0.2) is 36.6 Å². The van der Waals surface area contributed by atoms with Gasteiger partial charge in [-0.2, -0.15) is 0 Å². The lowest BCUT2D eigenvalue weighted by molar-refractivity contribution is -0.131. The fourth-order valence-corrected chi connectivity index (χ4v) is 2.55. The van der Waals surface area contributed by atoms with Crippen molar-refractivity contribution in [3.05, 3.63) is 35.4 Å². The highest BCUT2D eigenvalue weighted by Crippen LogP contribution is 2.26. The monoisotopic (exact) mass is 290 g/mol. The smallest absolute Gasteiger partial charge is 0.238 e. The Bertz CT molecular complexity index is 494. The van der Waals surface area contributed by atoms with E-state index < -0.39 is 0 Å². The van der Waals surface area contributed by atoms with E-state index in [2.05, 4.69) is 43.4 Å². The van der Waals surface area contributed by atoms with Crippen LogP contribution in [0.15, 0.2) is 24.3 Å². The van der Waals surface area contributed by atoms with Gasteiger partial charge in [0, 0.05) is 7.11 Å². The third-order valence-corrected chi connectivity index (χ3v) is 4.10. The van der Waals surface area contributed by atoms with Gasteiger partial charge < -0.3 is 9.64 Å². The topological polar surface area (TPSA) is 41.6 Å². The molecule has 1 aromatic rings. The van der Waals surface area contributed by atoms with Crippen LogP contribution in [0.3, 0.4) is 0 Å². The lowest BCUT2D eigenvalue weighted by Gasteiger charge is -2.32. The zero-order chi connectivity index (χ0) is 15.6. The Morgan fingerprint density at radius 2 is 1.95 bits per heavy atom. The number of nitrogens with zero attached hydrogens (tertiary/aromatic N) is 1. The van der Waals surface area contributed by atoms with Crippen LogP contribution in [0.25, 0.3) is 0 Å². The number of ether oxygens (including phenoxy) is 1. The van der Waals surface area contributed by atoms with E-state index in [-0.39, 0.29) is 17.7 Å². The highest BCUT2D eigenvalue weighted by Gasteiger charge is 2.35. The molecular weight excluding hydrogens is 264 g/mol. The average molecular weight is 290 g/mol. The number of rotatable bonds is 5. The average Bonchev–Trinajstić information content (AvgIpc) is 2.80. The van der Waals surface area contributed by atoms with Gasteiger partial charge in [0.2, 0.25) is 5.91 Å². The Morgan fingerprint density at radius 3 is 2.48 bits per heavy atom. The van der Waals surface area contributed by atoms with Crippen LogP contribution in [-0.2, 0) is 9.53 Å². The van der Waals surface area contributed by atoms with Gasteiger partial charge in [-0.05, 0) is 30.9 Å². The quantitative estimate of drug-likeness (QED) is 0.906. The molecule has 0 saturated carbocycles. The first-order valence-corrected chi connectivity index (χ1v) is 7.52. The first-order valence-electron chi connectivity index (χ1n) is 7.52. The minimum atomic E-state index is -0.349. The summed E-state index contributed by atoms with van der Waals surface area (Å²) in [7, 11) is 1.68. The number of hydrogen-bond donors (Lipinski definition) is 1. The molecule has 2 rings (SSSR count). The highest BCUT2D eigenvalue weighted by atomic mass is 16.5. The Balaban J connectivity index is 2.19. The molecule has 4 nitrogen and oxygen atoms in total. The molecule has 0 spiro atoms. The predicted octanol–water partition coefficient (Wildman–Crippen LogP) is 2.67. The first-order chi connectivity index (χ1) is 9.84. The number of carbonyl (C=O) groups excluding carboxylic acids is 1. The van der Waals surface area contributed by atoms with Gasteiger partial charge in [0.1, 0.15) is 6.17 Å². The minimum absolute atomic E-state index is 0.0619. The number of hydrogen-bond acceptors (Lipinski definition) is 3. The molecule has 1 aromatic carbocycles. The third-order valence-electron chi connectivity index (χ3n) is 4.10. The van der Waals surface area contributed by atoms with Crippen LogP contribution in [0.1, 0.15) is 50.9 Å². The second-order valence-corrected chi connectivity index (χ2v) is 6.59. The molecule has 1 aliphatic heterocycles. The molecular formula is C17H26N2O2. The lowest BCUT2D eigenvalue weighted by atomic mass is 10.0. The summed E-state index contributed by atoms with van der Waals surface area (Å²) in [6.07, 6.45) is -0.0619. The van der Waals surface area contributed by atoms with E-state index in [4.69, 9.17) is 4.74 Å². The van der Waals surface area contributed by atoms with Gasteiger partial charge in [0.25, 0.3) is 0 Å². The van der Waals surface area contributed by atoms with Crippen molar-refractivity contribution in [2.75, 3.05) is 20.2 Å². The molecule has 0 radical (unpaired) electrons. The largest absolute Gasteiger partial charge is 0.377 e. The van der Waals surface area contributed by atoms with Gasteiger partial charge in [-0.3, -0.25) is 10.1 Å². The third kappa shape index (κ3) is 3.63. The van der Waals surface area contributed by atoms with Crippen molar-refractivity contribution in [1.82, 2.24) is 10.2 Å². The number of methoxy groups -OCH3 is 1. The molecule has 116 valence electrons. The van der Waals surface area contributed by atoms with E-state index in [1.165, 1.54) is 5.56 Å². The van der Waals surface area contributed by atoms with Crippen molar-refractivity contribution in [3.8, 4) is 0 Å². The van der Waals surface area contributed by atoms with Crippen molar-refractivity contribution in [2.45, 2.75) is 45.4 Å². The Kier molecular flexibility index (Phi) is 4.69. The Labute approximate surface area is 127 Å². The van der Waals surface area contributed by atoms with Crippen LogP contribution in [0.4, 0.5) is 0 Å². The van der Waals surface area contributed by atoms with Crippen LogP contribution < -0.4 is 5.32 Å². The molecule has 1 atom stereocenters. The summed E-state index contributed by atoms with van der Waals surface area (Å²) >= 11 is 0. The Hall–Kier alpha value is -1.39. The van der Waals surface area contributed by atoms with Crippen molar-refractivity contribution in [2.24, 2.45) is 0 Å². The van der Waals surface area contributed by atoms with Gasteiger partial charge in [0.15, 0.2) is 0 Å². The molecule has 1 amide bonds. The van der Waals surface area contributed by atoms with Crippen LogP contribution in [0.5, 0.6) is 0 Å². The molecule has 4 heteroatoms. The van der Waals surface area contributed by atoms with Crippen molar-refractivity contribution in [1.29, 1.82) is 0 Å². The summed E-state index contributed by atoms with van der Waals surface area (Å²) in [6, 6.07) is 8.51. The van der Waals surface area contributed by atoms with Crippen LogP contribution in [0, 0.1) is 0 Å². The van der Waals surface area contributed by atoms with E-state index in [9.17, 15) is 4.79 Å². The van der Waals surface area contributed by atoms with Crippen LogP contribution in [0.2, 0.25) is 0 Å². The van der Waals surface area contributed by atoms with Gasteiger partial charge in [-0.1, -0.05) is 38.1 Å². The summed E-state index contributed by atoms with van der Waals surface area (Å²) < 4.78 is 5.46. The number of nitrogens with one attached hydrogen (secondary N) is 1. The number of benzene rings is 1. The maximum atomic E-state index is 12.1. The normalized spacial score (nSPS) is 19.6. The summed E-state index contributed by atoms with van der Waals surface area (Å²) in [5.74, 6) is 0.638. The van der Waals surface area contributed by atoms with Crippen LogP contribution >= 0.6 is 0 Å². The molecule has 0 aliphatic carbocycles. The van der Waals surface area contributed by atoms with E-state index in [1.54, 1.807) is 7.11 Å². The fraction of sp³-hybridized carbons (Fsp3) is 0.588. The van der Waals surface area contributed by atoms with Crippen molar-refractivity contribution in [3.63, 3.8) is 0 Å². The molecule has 1 saturated heterocycles. The van der Waals surface area contributed by atoms with E-state index in [1.807, 2.05) is 18.7 Å². The van der Waals surface area contributed by atoms with Gasteiger partial charge in [-0.15, -0.1) is 0 Å². The summed E-state index contributed by atoms with van der Waals surface area (Å²) in [5.41, 5.74) is 2.08. The van der Waals surface area contributed by atoms with Crippen molar-refractivity contribution >= 4 is 5.91 Å². The minimum Gasteiger partial charge on any atom is -0.377 e. The molecule has 1 aliphatic rings. The maximum Gasteiger partial charge on any atom is 0.238 e. The second-order valence-electron chi connectivity index (χ2n) is 6.59. The van der Waals surface area contributed by atoms with E-state index in [0.29, 0.717) is 19.0 Å². The Morgan fingerprint density at radius 1 is 1.33 bits per heavy atom. The first kappa shape index (κ1) is 16.0. The zero-order valence-corrected chi connectivity index (χ0v) is 13.6. The standard InChI is InChI=1S/C17H26N2O2/c1-12(2)13-6-8-14(9-7-13)16-18-10-15(20)19(16)11-17(3,4)21-5/h6-9,12,16,18H,10-11H2,1-5H3. The SMILES string of the molecule is COC(C)(C)CN1C(=O)CNC1c1ccc(C(C)C)cc1.